The smallest absolute Gasteiger partial charge is 0.208 e. The summed E-state index contributed by atoms with van der Waals surface area (Å²) in [7, 11) is -1.94. The van der Waals surface area contributed by atoms with Gasteiger partial charge in [0.1, 0.15) is 0 Å². The Morgan fingerprint density at radius 3 is 2.17 bits per heavy atom. The van der Waals surface area contributed by atoms with Gasteiger partial charge in [-0.05, 0) is 48.7 Å². The number of allylic oxidation sites excluding steroid dienone is 1. The Bertz CT molecular complexity index is 786. The molecule has 3 saturated heterocycles. The minimum Gasteiger partial charge on any atom is -0.410 e. The molecule has 9 nitrogen and oxygen atoms in total. The Labute approximate surface area is 245 Å². The summed E-state index contributed by atoms with van der Waals surface area (Å²) in [4.78, 5) is 2.44. The fraction of sp³-hybridized carbons (Fsp3) is 0.900. The maximum absolute atomic E-state index is 7.05. The maximum Gasteiger partial charge on any atom is 0.208 e. The third-order valence-corrected chi connectivity index (χ3v) is 15.3. The van der Waals surface area contributed by atoms with Crippen LogP contribution in [-0.4, -0.2) is 87.8 Å². The molecule has 4 N–H and O–H groups in total. The highest BCUT2D eigenvalue weighted by molar-refractivity contribution is 6.77. The van der Waals surface area contributed by atoms with Gasteiger partial charge in [-0.3, -0.25) is 9.91 Å². The van der Waals surface area contributed by atoms with Crippen LogP contribution < -0.4 is 11.5 Å². The molecular weight excluding hydrogens is 522 g/mol. The number of morpholine rings is 1. The van der Waals surface area contributed by atoms with Crippen LogP contribution in [0.25, 0.3) is 0 Å². The molecule has 3 fully saturated rings. The lowest BCUT2D eigenvalue weighted by Crippen LogP contribution is -2.52. The van der Waals surface area contributed by atoms with Gasteiger partial charge in [-0.2, -0.15) is 0 Å². The van der Waals surface area contributed by atoms with Crippen molar-refractivity contribution in [2.24, 2.45) is 16.6 Å². The molecule has 3 aliphatic rings. The average Bonchev–Trinajstić information content (AvgIpc) is 3.29. The summed E-state index contributed by atoms with van der Waals surface area (Å²) in [5.74, 6) is -0.527. The highest BCUT2D eigenvalue weighted by atomic mass is 28.4. The third kappa shape index (κ3) is 8.22. The first-order valence-corrected chi connectivity index (χ1v) is 18.0. The van der Waals surface area contributed by atoms with Crippen molar-refractivity contribution in [1.82, 2.24) is 9.91 Å². The predicted molar refractivity (Wildman–Crippen MR) is 165 cm³/mol. The fourth-order valence-corrected chi connectivity index (χ4v) is 13.0. The van der Waals surface area contributed by atoms with E-state index in [0.717, 1.165) is 84.5 Å². The van der Waals surface area contributed by atoms with Gasteiger partial charge in [0, 0.05) is 25.9 Å². The molecule has 3 aliphatic heterocycles. The van der Waals surface area contributed by atoms with Crippen molar-refractivity contribution < 1.29 is 18.6 Å². The largest absolute Gasteiger partial charge is 0.410 e. The standard InChI is InChI=1S/C30H59N5O4Si/c1-8-27(39-40(23(2)3,24(4)5)25(6)7)12-9-10-15-30(37-18-11-19-38-30)22-26-13-14-28(35(26)33-29(31)32)34-16-20-36-21-17-34/h9,12,23-28H,8,10-11,13-22H2,1-7H3,(H4,31,32,33)/b12-9+/t26-,27-,28?/m0/s1. The highest BCUT2D eigenvalue weighted by Crippen LogP contribution is 2.43. The Morgan fingerprint density at radius 1 is 1.00 bits per heavy atom. The summed E-state index contributed by atoms with van der Waals surface area (Å²) >= 11 is 0. The van der Waals surface area contributed by atoms with E-state index in [1.807, 2.05) is 0 Å². The number of nitrogens with two attached hydrogens (primary N) is 2. The van der Waals surface area contributed by atoms with Crippen LogP contribution in [-0.2, 0) is 18.6 Å². The van der Waals surface area contributed by atoms with Gasteiger partial charge < -0.3 is 30.1 Å². The lowest BCUT2D eigenvalue weighted by molar-refractivity contribution is -0.278. The zero-order valence-corrected chi connectivity index (χ0v) is 27.4. The van der Waals surface area contributed by atoms with Crippen molar-refractivity contribution in [2.75, 3.05) is 39.5 Å². The molecule has 0 aliphatic carbocycles. The van der Waals surface area contributed by atoms with Gasteiger partial charge in [0.05, 0.1) is 44.7 Å². The molecule has 10 heteroatoms. The number of hydrogen-bond donors (Lipinski definition) is 2. The van der Waals surface area contributed by atoms with Crippen molar-refractivity contribution >= 4 is 14.3 Å². The monoisotopic (exact) mass is 581 g/mol. The normalized spacial score (nSPS) is 25.4. The van der Waals surface area contributed by atoms with Crippen LogP contribution >= 0.6 is 0 Å². The molecule has 1 unspecified atom stereocenters. The van der Waals surface area contributed by atoms with E-state index in [0.29, 0.717) is 16.6 Å². The number of ether oxygens (including phenoxy) is 3. The molecule has 0 spiro atoms. The molecule has 0 bridgehead atoms. The van der Waals surface area contributed by atoms with E-state index in [2.05, 4.69) is 75.6 Å². The second kappa shape index (κ2) is 15.3. The van der Waals surface area contributed by atoms with Gasteiger partial charge in [0.15, 0.2) is 5.79 Å². The summed E-state index contributed by atoms with van der Waals surface area (Å²) in [5, 5.41) is 6.72. The van der Waals surface area contributed by atoms with Crippen molar-refractivity contribution in [2.45, 2.75) is 134 Å². The predicted octanol–water partition coefficient (Wildman–Crippen LogP) is 5.13. The first-order valence-electron chi connectivity index (χ1n) is 15.9. The molecule has 0 radical (unpaired) electrons. The Balaban J connectivity index is 1.69. The van der Waals surface area contributed by atoms with E-state index < -0.39 is 14.1 Å². The SMILES string of the molecule is CC[C@@H](/C=C/CCC1(C[C@@H]2CCC(N3CCOCC3)N2N=C(N)N)OCCCO1)O[Si](C(C)C)(C(C)C)C(C)C. The Kier molecular flexibility index (Phi) is 12.8. The minimum atomic E-state index is -1.94. The second-order valence-electron chi connectivity index (χ2n) is 12.8. The Hall–Kier alpha value is -1.17. The Morgan fingerprint density at radius 2 is 1.62 bits per heavy atom. The van der Waals surface area contributed by atoms with Gasteiger partial charge in [0.25, 0.3) is 0 Å². The zero-order valence-electron chi connectivity index (χ0n) is 26.4. The van der Waals surface area contributed by atoms with Crippen LogP contribution in [0.3, 0.4) is 0 Å². The molecule has 0 amide bonds. The number of nitrogens with zero attached hydrogens (tertiary/aromatic N) is 3. The molecule has 3 rings (SSSR count). The van der Waals surface area contributed by atoms with Gasteiger partial charge in [-0.25, -0.2) is 0 Å². The fourth-order valence-electron chi connectivity index (χ4n) is 7.37. The van der Waals surface area contributed by atoms with Crippen LogP contribution in [0.2, 0.25) is 16.6 Å². The molecule has 0 aromatic carbocycles. The van der Waals surface area contributed by atoms with E-state index in [-0.39, 0.29) is 24.3 Å². The number of hydrogen-bond acceptors (Lipinski definition) is 7. The summed E-state index contributed by atoms with van der Waals surface area (Å²) in [6.45, 7) is 21.1. The number of hydrazone groups is 1. The lowest BCUT2D eigenvalue weighted by atomic mass is 9.98. The van der Waals surface area contributed by atoms with Crippen molar-refractivity contribution in [3.8, 4) is 0 Å². The third-order valence-electron chi connectivity index (χ3n) is 9.21. The van der Waals surface area contributed by atoms with Gasteiger partial charge in [-0.1, -0.05) is 60.6 Å². The summed E-state index contributed by atoms with van der Waals surface area (Å²) in [6, 6.07) is 0.151. The molecule has 0 saturated carbocycles. The summed E-state index contributed by atoms with van der Waals surface area (Å²) in [6.07, 6.45) is 11.2. The maximum atomic E-state index is 7.05. The van der Waals surface area contributed by atoms with Crippen LogP contribution in [0.1, 0.15) is 93.4 Å². The van der Waals surface area contributed by atoms with Crippen molar-refractivity contribution in [3.63, 3.8) is 0 Å². The summed E-state index contributed by atoms with van der Waals surface area (Å²) in [5.41, 5.74) is 13.5. The van der Waals surface area contributed by atoms with Crippen molar-refractivity contribution in [3.05, 3.63) is 12.2 Å². The van der Waals surface area contributed by atoms with Gasteiger partial charge >= 0.3 is 0 Å². The van der Waals surface area contributed by atoms with E-state index in [1.165, 1.54) is 0 Å². The molecule has 232 valence electrons. The van der Waals surface area contributed by atoms with Gasteiger partial charge in [-0.15, -0.1) is 5.10 Å². The first kappa shape index (κ1) is 33.3. The zero-order chi connectivity index (χ0) is 29.3. The van der Waals surface area contributed by atoms with E-state index in [9.17, 15) is 0 Å². The molecule has 40 heavy (non-hydrogen) atoms. The number of rotatable bonds is 14. The second-order valence-corrected chi connectivity index (χ2v) is 18.2. The topological polar surface area (TPSA) is 108 Å². The van der Waals surface area contributed by atoms with Crippen molar-refractivity contribution in [1.29, 1.82) is 0 Å². The van der Waals surface area contributed by atoms with E-state index in [1.54, 1.807) is 0 Å². The minimum absolute atomic E-state index is 0.0991. The molecular formula is C30H59N5O4Si. The molecule has 3 heterocycles. The van der Waals surface area contributed by atoms with Crippen LogP contribution in [0.15, 0.2) is 17.3 Å². The first-order chi connectivity index (χ1) is 19.0. The quantitative estimate of drug-likeness (QED) is 0.126. The van der Waals surface area contributed by atoms with E-state index in [4.69, 9.17) is 30.1 Å². The lowest BCUT2D eigenvalue weighted by Gasteiger charge is -2.44. The average molecular weight is 582 g/mol. The van der Waals surface area contributed by atoms with Crippen LogP contribution in [0, 0.1) is 0 Å². The van der Waals surface area contributed by atoms with Crippen LogP contribution in [0.5, 0.6) is 0 Å². The highest BCUT2D eigenvalue weighted by Gasteiger charge is 2.46. The van der Waals surface area contributed by atoms with Crippen LogP contribution in [0.4, 0.5) is 0 Å². The number of guanidine groups is 1. The molecule has 0 aromatic heterocycles. The molecule has 0 aromatic rings. The van der Waals surface area contributed by atoms with Gasteiger partial charge in [0.2, 0.25) is 14.3 Å². The molecule has 3 atom stereocenters. The van der Waals surface area contributed by atoms with E-state index >= 15 is 0 Å². The summed E-state index contributed by atoms with van der Waals surface area (Å²) < 4.78 is 25.5.